The number of amidine groups is 1. The van der Waals surface area contributed by atoms with Crippen LogP contribution in [0.2, 0.25) is 0 Å². The van der Waals surface area contributed by atoms with Gasteiger partial charge < -0.3 is 24.7 Å². The molecule has 1 amide bonds. The van der Waals surface area contributed by atoms with Gasteiger partial charge >= 0.3 is 22.1 Å². The lowest BCUT2D eigenvalue weighted by molar-refractivity contribution is -0.145. The fraction of sp³-hybridized carbons (Fsp3) is 0.154. The first-order valence-corrected chi connectivity index (χ1v) is 13.0. The number of carbonyl (C=O) groups excluding carboxylic acids is 3. The second-order valence-electron chi connectivity index (χ2n) is 7.87. The SMILES string of the molecule is CCOC(=O)COc1ccc(-c2ccccc2C(=O)OS(C)(=O)=O)c(C(=O)Nc2ccc(C(=N)N)cc2)c1. The molecule has 0 aromatic heterocycles. The van der Waals surface area contributed by atoms with Crippen molar-refractivity contribution in [1.29, 1.82) is 5.41 Å². The van der Waals surface area contributed by atoms with Gasteiger partial charge in [-0.3, -0.25) is 10.2 Å². The molecule has 11 nitrogen and oxygen atoms in total. The van der Waals surface area contributed by atoms with E-state index in [-0.39, 0.29) is 40.4 Å². The maximum atomic E-state index is 13.4. The van der Waals surface area contributed by atoms with E-state index in [2.05, 4.69) is 9.50 Å². The molecule has 0 spiro atoms. The number of nitrogen functional groups attached to an aromatic ring is 1. The van der Waals surface area contributed by atoms with Crippen LogP contribution in [0.1, 0.15) is 33.2 Å². The standard InChI is InChI=1S/C26H25N3O8S/c1-3-35-23(30)15-36-18-12-13-20(19-6-4-5-7-21(19)26(32)37-38(2,33)34)22(14-18)25(31)29-17-10-8-16(9-11-17)24(27)28/h4-14H,3,15H2,1-2H3,(H3,27,28)(H,29,31). The van der Waals surface area contributed by atoms with Crippen molar-refractivity contribution in [2.45, 2.75) is 6.92 Å². The van der Waals surface area contributed by atoms with E-state index < -0.39 is 34.6 Å². The number of hydrogen-bond acceptors (Lipinski definition) is 9. The molecule has 0 aliphatic carbocycles. The van der Waals surface area contributed by atoms with E-state index in [0.29, 0.717) is 11.3 Å². The van der Waals surface area contributed by atoms with Crippen molar-refractivity contribution in [1.82, 2.24) is 0 Å². The lowest BCUT2D eigenvalue weighted by atomic mass is 9.94. The van der Waals surface area contributed by atoms with Gasteiger partial charge in [-0.1, -0.05) is 18.2 Å². The minimum Gasteiger partial charge on any atom is -0.482 e. The number of ether oxygens (including phenoxy) is 2. The van der Waals surface area contributed by atoms with Crippen LogP contribution in [0, 0.1) is 5.41 Å². The van der Waals surface area contributed by atoms with Gasteiger partial charge in [0.15, 0.2) is 6.61 Å². The quantitative estimate of drug-likeness (QED) is 0.151. The molecule has 0 atom stereocenters. The van der Waals surface area contributed by atoms with Gasteiger partial charge in [-0.2, -0.15) is 8.42 Å². The van der Waals surface area contributed by atoms with Gasteiger partial charge in [0.1, 0.15) is 11.6 Å². The van der Waals surface area contributed by atoms with Crippen LogP contribution >= 0.6 is 0 Å². The molecule has 0 radical (unpaired) electrons. The molecule has 4 N–H and O–H groups in total. The fourth-order valence-corrected chi connectivity index (χ4v) is 3.76. The van der Waals surface area contributed by atoms with E-state index >= 15 is 0 Å². The minimum absolute atomic E-state index is 0.0570. The summed E-state index contributed by atoms with van der Waals surface area (Å²) in [6, 6.07) is 16.7. The third-order valence-corrected chi connectivity index (χ3v) is 5.47. The lowest BCUT2D eigenvalue weighted by Gasteiger charge is -2.15. The molecular weight excluding hydrogens is 514 g/mol. The lowest BCUT2D eigenvalue weighted by Crippen LogP contribution is -2.17. The van der Waals surface area contributed by atoms with Gasteiger partial charge in [0.2, 0.25) is 0 Å². The maximum Gasteiger partial charge on any atom is 0.354 e. The molecule has 0 saturated heterocycles. The first-order chi connectivity index (χ1) is 18.0. The highest BCUT2D eigenvalue weighted by atomic mass is 32.2. The van der Waals surface area contributed by atoms with Crippen LogP contribution in [0.5, 0.6) is 5.75 Å². The van der Waals surface area contributed by atoms with Crippen molar-refractivity contribution < 1.29 is 36.5 Å². The second-order valence-corrected chi connectivity index (χ2v) is 9.44. The minimum atomic E-state index is -4.09. The first kappa shape index (κ1) is 27.9. The van der Waals surface area contributed by atoms with E-state index in [4.69, 9.17) is 20.6 Å². The normalized spacial score (nSPS) is 10.8. The van der Waals surface area contributed by atoms with Crippen molar-refractivity contribution in [3.05, 3.63) is 83.4 Å². The highest BCUT2D eigenvalue weighted by Gasteiger charge is 2.22. The molecule has 198 valence electrons. The molecule has 3 aromatic carbocycles. The first-order valence-electron chi connectivity index (χ1n) is 11.2. The molecule has 0 aliphatic heterocycles. The largest absolute Gasteiger partial charge is 0.482 e. The molecule has 38 heavy (non-hydrogen) atoms. The maximum absolute atomic E-state index is 13.4. The van der Waals surface area contributed by atoms with E-state index in [1.54, 1.807) is 37.3 Å². The average molecular weight is 540 g/mol. The number of benzene rings is 3. The topological polar surface area (TPSA) is 175 Å². The van der Waals surface area contributed by atoms with Crippen LogP contribution in [0.3, 0.4) is 0 Å². The van der Waals surface area contributed by atoms with Crippen LogP contribution in [-0.4, -0.2) is 51.6 Å². The molecule has 3 aromatic rings. The zero-order valence-corrected chi connectivity index (χ0v) is 21.3. The van der Waals surface area contributed by atoms with Gasteiger partial charge in [0.25, 0.3) is 5.91 Å². The van der Waals surface area contributed by atoms with Crippen LogP contribution < -0.4 is 15.8 Å². The number of amides is 1. The van der Waals surface area contributed by atoms with E-state index in [1.807, 2.05) is 0 Å². The van der Waals surface area contributed by atoms with Crippen LogP contribution in [0.25, 0.3) is 11.1 Å². The van der Waals surface area contributed by atoms with Crippen LogP contribution in [0.15, 0.2) is 66.7 Å². The van der Waals surface area contributed by atoms with Crippen molar-refractivity contribution in [2.75, 3.05) is 24.8 Å². The Morgan fingerprint density at radius 2 is 1.61 bits per heavy atom. The summed E-state index contributed by atoms with van der Waals surface area (Å²) in [5, 5.41) is 10.2. The van der Waals surface area contributed by atoms with Gasteiger partial charge in [0, 0.05) is 11.3 Å². The Bertz CT molecular complexity index is 1480. The Kier molecular flexibility index (Phi) is 8.81. The molecule has 0 aliphatic rings. The van der Waals surface area contributed by atoms with Crippen LogP contribution in [-0.2, 0) is 23.8 Å². The Hall–Kier alpha value is -4.71. The van der Waals surface area contributed by atoms with Gasteiger partial charge in [-0.05, 0) is 66.6 Å². The third-order valence-electron chi connectivity index (χ3n) is 5.02. The fourth-order valence-electron chi connectivity index (χ4n) is 3.39. The second kappa shape index (κ2) is 12.0. The van der Waals surface area contributed by atoms with E-state index in [1.165, 1.54) is 36.4 Å². The average Bonchev–Trinajstić information content (AvgIpc) is 2.87. The number of carbonyl (C=O) groups is 3. The number of nitrogens with one attached hydrogen (secondary N) is 2. The summed E-state index contributed by atoms with van der Waals surface area (Å²) in [5.41, 5.74) is 6.82. The summed E-state index contributed by atoms with van der Waals surface area (Å²) in [5.74, 6) is -2.26. The molecule has 3 rings (SSSR count). The summed E-state index contributed by atoms with van der Waals surface area (Å²) in [4.78, 5) is 37.7. The van der Waals surface area contributed by atoms with Crippen molar-refractivity contribution >= 4 is 39.5 Å². The number of hydrogen-bond donors (Lipinski definition) is 3. The highest BCUT2D eigenvalue weighted by molar-refractivity contribution is 7.86. The van der Waals surface area contributed by atoms with Gasteiger partial charge in [-0.15, -0.1) is 0 Å². The molecule has 0 bridgehead atoms. The van der Waals surface area contributed by atoms with E-state index in [9.17, 15) is 22.8 Å². The Morgan fingerprint density at radius 1 is 0.947 bits per heavy atom. The summed E-state index contributed by atoms with van der Waals surface area (Å²) < 4.78 is 38.0. The zero-order valence-electron chi connectivity index (χ0n) is 20.5. The Balaban J connectivity index is 2.04. The summed E-state index contributed by atoms with van der Waals surface area (Å²) in [6.45, 7) is 1.44. The summed E-state index contributed by atoms with van der Waals surface area (Å²) >= 11 is 0. The van der Waals surface area contributed by atoms with Gasteiger partial charge in [-0.25, -0.2) is 9.59 Å². The Labute approximate surface area is 219 Å². The van der Waals surface area contributed by atoms with Gasteiger partial charge in [0.05, 0.1) is 24.0 Å². The zero-order chi connectivity index (χ0) is 27.9. The Morgan fingerprint density at radius 3 is 2.24 bits per heavy atom. The number of esters is 1. The summed E-state index contributed by atoms with van der Waals surface area (Å²) in [6.07, 6.45) is 0.749. The predicted octanol–water partition coefficient (Wildman–Crippen LogP) is 2.95. The molecule has 0 heterocycles. The third kappa shape index (κ3) is 7.40. The number of nitrogens with two attached hydrogens (primary N) is 1. The van der Waals surface area contributed by atoms with Crippen molar-refractivity contribution in [2.24, 2.45) is 5.73 Å². The number of anilines is 1. The summed E-state index contributed by atoms with van der Waals surface area (Å²) in [7, 11) is -4.09. The van der Waals surface area contributed by atoms with Crippen LogP contribution in [0.4, 0.5) is 5.69 Å². The smallest absolute Gasteiger partial charge is 0.354 e. The molecule has 0 saturated carbocycles. The highest BCUT2D eigenvalue weighted by Crippen LogP contribution is 2.31. The monoisotopic (exact) mass is 539 g/mol. The molecule has 0 unspecified atom stereocenters. The molecular formula is C26H25N3O8S. The molecule has 0 fully saturated rings. The molecule has 12 heteroatoms. The van der Waals surface area contributed by atoms with Crippen molar-refractivity contribution in [3.8, 4) is 16.9 Å². The van der Waals surface area contributed by atoms with E-state index in [0.717, 1.165) is 6.26 Å². The van der Waals surface area contributed by atoms with Crippen molar-refractivity contribution in [3.63, 3.8) is 0 Å². The number of rotatable bonds is 10. The predicted molar refractivity (Wildman–Crippen MR) is 140 cm³/mol.